The van der Waals surface area contributed by atoms with E-state index in [-0.39, 0.29) is 11.8 Å². The topological polar surface area (TPSA) is 65.0 Å². The van der Waals surface area contributed by atoms with Crippen molar-refractivity contribution < 1.29 is 9.59 Å². The molecule has 1 aliphatic rings. The molecule has 1 heterocycles. The number of benzene rings is 3. The molecule has 1 N–H and O–H groups in total. The minimum absolute atomic E-state index is 0.146. The first kappa shape index (κ1) is 21.1. The van der Waals surface area contributed by atoms with Crippen LogP contribution in [0, 0.1) is 0 Å². The lowest BCUT2D eigenvalue weighted by Crippen LogP contribution is -2.32. The Morgan fingerprint density at radius 1 is 0.938 bits per heavy atom. The molecule has 0 unspecified atom stereocenters. The number of nitrogens with one attached hydrogen (secondary N) is 1. The highest BCUT2D eigenvalue weighted by Crippen LogP contribution is 2.29. The summed E-state index contributed by atoms with van der Waals surface area (Å²) in [5.74, 6) is 0.221. The van der Waals surface area contributed by atoms with Gasteiger partial charge in [0.25, 0.3) is 5.91 Å². The van der Waals surface area contributed by atoms with Crippen LogP contribution in [0.3, 0.4) is 0 Å². The first-order chi connectivity index (χ1) is 15.4. The predicted molar refractivity (Wildman–Crippen MR) is 130 cm³/mol. The molecule has 4 rings (SSSR count). The number of hydrogen-bond donors (Lipinski definition) is 1. The van der Waals surface area contributed by atoms with E-state index in [4.69, 9.17) is 4.99 Å². The van der Waals surface area contributed by atoms with Gasteiger partial charge in [-0.05, 0) is 48.0 Å². The summed E-state index contributed by atoms with van der Waals surface area (Å²) < 4.78 is 0. The molecule has 3 aromatic carbocycles. The minimum atomic E-state index is -0.201. The van der Waals surface area contributed by atoms with E-state index in [0.717, 1.165) is 16.8 Å². The second-order valence-electron chi connectivity index (χ2n) is 7.69. The predicted octanol–water partition coefficient (Wildman–Crippen LogP) is 4.55. The van der Waals surface area contributed by atoms with Gasteiger partial charge in [0.05, 0.1) is 5.69 Å². The smallest absolute Gasteiger partial charge is 0.282 e. The Morgan fingerprint density at radius 3 is 2.19 bits per heavy atom. The van der Waals surface area contributed by atoms with Crippen LogP contribution in [-0.4, -0.2) is 31.7 Å². The monoisotopic (exact) mass is 424 g/mol. The van der Waals surface area contributed by atoms with Crippen molar-refractivity contribution in [3.63, 3.8) is 0 Å². The summed E-state index contributed by atoms with van der Waals surface area (Å²) in [6.07, 6.45) is 1.80. The summed E-state index contributed by atoms with van der Waals surface area (Å²) in [5, 5.41) is 2.74. The fourth-order valence-corrected chi connectivity index (χ4v) is 3.46. The van der Waals surface area contributed by atoms with E-state index in [2.05, 4.69) is 5.32 Å². The maximum Gasteiger partial charge on any atom is 0.282 e. The maximum absolute atomic E-state index is 13.4. The summed E-state index contributed by atoms with van der Waals surface area (Å²) in [7, 11) is 3.97. The molecule has 3 aromatic rings. The van der Waals surface area contributed by atoms with Crippen LogP contribution >= 0.6 is 0 Å². The van der Waals surface area contributed by atoms with Crippen molar-refractivity contribution in [1.29, 1.82) is 0 Å². The van der Waals surface area contributed by atoms with E-state index in [1.807, 2.05) is 73.6 Å². The third kappa shape index (κ3) is 4.44. The first-order valence-corrected chi connectivity index (χ1v) is 10.3. The number of amidine groups is 1. The maximum atomic E-state index is 13.4. The lowest BCUT2D eigenvalue weighted by molar-refractivity contribution is -0.114. The van der Waals surface area contributed by atoms with Gasteiger partial charge in [0.1, 0.15) is 11.5 Å². The van der Waals surface area contributed by atoms with Crippen molar-refractivity contribution in [2.45, 2.75) is 6.92 Å². The Labute approximate surface area is 187 Å². The van der Waals surface area contributed by atoms with Crippen LogP contribution in [0.1, 0.15) is 18.1 Å². The van der Waals surface area contributed by atoms with Gasteiger partial charge in [-0.1, -0.05) is 42.5 Å². The van der Waals surface area contributed by atoms with Gasteiger partial charge in [-0.2, -0.15) is 0 Å². The van der Waals surface area contributed by atoms with E-state index in [1.54, 1.807) is 35.2 Å². The Balaban J connectivity index is 1.72. The molecule has 160 valence electrons. The molecule has 0 fully saturated rings. The number of hydrogen-bond acceptors (Lipinski definition) is 4. The summed E-state index contributed by atoms with van der Waals surface area (Å²) in [5.41, 5.74) is 4.55. The summed E-state index contributed by atoms with van der Waals surface area (Å²) in [6.45, 7) is 1.46. The molecule has 0 aromatic heterocycles. The average Bonchev–Trinajstić information content (AvgIpc) is 3.11. The fourth-order valence-electron chi connectivity index (χ4n) is 3.46. The zero-order valence-corrected chi connectivity index (χ0v) is 18.2. The Kier molecular flexibility index (Phi) is 5.85. The number of aliphatic imine (C=N–C) groups is 1. The lowest BCUT2D eigenvalue weighted by Gasteiger charge is -2.19. The average molecular weight is 425 g/mol. The molecular weight excluding hydrogens is 400 g/mol. The van der Waals surface area contributed by atoms with Gasteiger partial charge in [0.15, 0.2) is 0 Å². The van der Waals surface area contributed by atoms with E-state index in [0.29, 0.717) is 22.9 Å². The molecule has 2 amide bonds. The Hall–Kier alpha value is -4.19. The van der Waals surface area contributed by atoms with Crippen molar-refractivity contribution >= 4 is 40.8 Å². The normalized spacial score (nSPS) is 14.5. The van der Waals surface area contributed by atoms with Gasteiger partial charge in [-0.25, -0.2) is 4.99 Å². The second kappa shape index (κ2) is 8.89. The van der Waals surface area contributed by atoms with Crippen molar-refractivity contribution in [3.8, 4) is 0 Å². The molecule has 1 aliphatic heterocycles. The van der Waals surface area contributed by atoms with E-state index in [9.17, 15) is 9.59 Å². The van der Waals surface area contributed by atoms with Gasteiger partial charge in [0.2, 0.25) is 5.91 Å². The van der Waals surface area contributed by atoms with Gasteiger partial charge in [-0.3, -0.25) is 14.5 Å². The molecule has 0 radical (unpaired) electrons. The highest BCUT2D eigenvalue weighted by Gasteiger charge is 2.32. The van der Waals surface area contributed by atoms with Crippen LogP contribution in [0.15, 0.2) is 89.6 Å². The van der Waals surface area contributed by atoms with Crippen LogP contribution in [0.4, 0.5) is 17.1 Å². The van der Waals surface area contributed by atoms with Crippen LogP contribution in [0.5, 0.6) is 0 Å². The van der Waals surface area contributed by atoms with E-state index in [1.165, 1.54) is 6.92 Å². The molecule has 0 aliphatic carbocycles. The molecular formula is C26H24N4O2. The van der Waals surface area contributed by atoms with Crippen molar-refractivity contribution in [2.75, 3.05) is 29.2 Å². The highest BCUT2D eigenvalue weighted by molar-refractivity contribution is 6.33. The molecule has 0 atom stereocenters. The van der Waals surface area contributed by atoms with Crippen LogP contribution in [-0.2, 0) is 9.59 Å². The Bertz CT molecular complexity index is 1190. The summed E-state index contributed by atoms with van der Waals surface area (Å²) in [4.78, 5) is 33.0. The number of rotatable bonds is 5. The highest BCUT2D eigenvalue weighted by atomic mass is 16.2. The van der Waals surface area contributed by atoms with Crippen molar-refractivity contribution in [3.05, 3.63) is 95.7 Å². The summed E-state index contributed by atoms with van der Waals surface area (Å²) >= 11 is 0. The Morgan fingerprint density at radius 2 is 1.59 bits per heavy atom. The fraction of sp³-hybridized carbons (Fsp3) is 0.115. The zero-order valence-electron chi connectivity index (χ0n) is 18.2. The largest absolute Gasteiger partial charge is 0.378 e. The SMILES string of the molecule is CC(=O)Nc1ccc(N2C(=O)C(=Cc3ccc(N(C)C)cc3)N=C2c2ccccc2)cc1. The van der Waals surface area contributed by atoms with Gasteiger partial charge in [-0.15, -0.1) is 0 Å². The second-order valence-corrected chi connectivity index (χ2v) is 7.69. The molecule has 6 heteroatoms. The first-order valence-electron chi connectivity index (χ1n) is 10.3. The molecule has 0 spiro atoms. The van der Waals surface area contributed by atoms with Crippen LogP contribution in [0.25, 0.3) is 6.08 Å². The third-order valence-electron chi connectivity index (χ3n) is 5.05. The van der Waals surface area contributed by atoms with Crippen molar-refractivity contribution in [1.82, 2.24) is 0 Å². The summed E-state index contributed by atoms with van der Waals surface area (Å²) in [6, 6.07) is 24.7. The van der Waals surface area contributed by atoms with Crippen molar-refractivity contribution in [2.24, 2.45) is 4.99 Å². The number of carbonyl (C=O) groups excluding carboxylic acids is 2. The van der Waals surface area contributed by atoms with Crippen LogP contribution in [0.2, 0.25) is 0 Å². The molecule has 32 heavy (non-hydrogen) atoms. The molecule has 0 bridgehead atoms. The lowest BCUT2D eigenvalue weighted by atomic mass is 10.1. The van der Waals surface area contributed by atoms with E-state index < -0.39 is 0 Å². The zero-order chi connectivity index (χ0) is 22.7. The molecule has 6 nitrogen and oxygen atoms in total. The van der Waals surface area contributed by atoms with Gasteiger partial charge in [0, 0.05) is 38.0 Å². The van der Waals surface area contributed by atoms with E-state index >= 15 is 0 Å². The minimum Gasteiger partial charge on any atom is -0.378 e. The number of nitrogens with zero attached hydrogens (tertiary/aromatic N) is 3. The van der Waals surface area contributed by atoms with Gasteiger partial charge >= 0.3 is 0 Å². The molecule has 0 saturated carbocycles. The standard InChI is InChI=1S/C26H24N4O2/c1-18(31)27-21-11-15-23(16-12-21)30-25(20-7-5-4-6-8-20)28-24(26(30)32)17-19-9-13-22(14-10-19)29(2)3/h4-17H,1-3H3,(H,27,31). The quantitative estimate of drug-likeness (QED) is 0.612. The number of anilines is 3. The number of carbonyl (C=O) groups is 2. The number of amides is 2. The van der Waals surface area contributed by atoms with Crippen LogP contribution < -0.4 is 15.1 Å². The molecule has 0 saturated heterocycles. The third-order valence-corrected chi connectivity index (χ3v) is 5.05. The van der Waals surface area contributed by atoms with Gasteiger partial charge < -0.3 is 10.2 Å².